The Bertz CT molecular complexity index is 1230. The Kier molecular flexibility index (Phi) is 8.59. The van der Waals surface area contributed by atoms with Crippen molar-refractivity contribution in [3.05, 3.63) is 76.2 Å². The Morgan fingerprint density at radius 2 is 1.78 bits per heavy atom. The van der Waals surface area contributed by atoms with Crippen LogP contribution in [0.4, 0.5) is 29.5 Å². The Morgan fingerprint density at radius 3 is 2.39 bits per heavy atom. The number of halogens is 4. The summed E-state index contributed by atoms with van der Waals surface area (Å²) in [5.74, 6) is -0.374. The third kappa shape index (κ3) is 7.46. The third-order valence-electron chi connectivity index (χ3n) is 5.14. The fraction of sp³-hybridized carbons (Fsp3) is 0.292. The molecule has 0 bridgehead atoms. The zero-order chi connectivity index (χ0) is 26.5. The summed E-state index contributed by atoms with van der Waals surface area (Å²) in [5, 5.41) is 8.56. The number of carbonyl (C=O) groups is 2. The molecular formula is C24H26ClF3N6O2. The van der Waals surface area contributed by atoms with Crippen molar-refractivity contribution in [3.63, 3.8) is 0 Å². The normalized spacial score (nSPS) is 11.4. The fourth-order valence-electron chi connectivity index (χ4n) is 3.28. The standard InChI is InChI=1S/C24H26ClF3N6O2/c1-15-12-18(25)8-9-19(15)30-23(36)32-20-14-34(21(31-20)22(35)29-10-11-33(2)3)13-16-4-6-17(7-5-16)24(26,27)28/h4-9,12,14H,10-11,13H2,1-3H3,(H,29,35)(H2,30,32,36). The van der Waals surface area contributed by atoms with Gasteiger partial charge in [0.2, 0.25) is 5.82 Å². The Morgan fingerprint density at radius 1 is 1.08 bits per heavy atom. The maximum Gasteiger partial charge on any atom is 0.416 e. The van der Waals surface area contributed by atoms with Crippen molar-refractivity contribution in [1.82, 2.24) is 19.8 Å². The summed E-state index contributed by atoms with van der Waals surface area (Å²) < 4.78 is 40.1. The molecule has 3 rings (SSSR count). The van der Waals surface area contributed by atoms with E-state index in [2.05, 4.69) is 20.9 Å². The highest BCUT2D eigenvalue weighted by Crippen LogP contribution is 2.29. The number of benzene rings is 2. The van der Waals surface area contributed by atoms with Crippen molar-refractivity contribution in [1.29, 1.82) is 0 Å². The van der Waals surface area contributed by atoms with Crippen LogP contribution in [0.15, 0.2) is 48.7 Å². The number of amides is 3. The van der Waals surface area contributed by atoms with E-state index in [1.165, 1.54) is 22.9 Å². The number of aryl methyl sites for hydroxylation is 1. The summed E-state index contributed by atoms with van der Waals surface area (Å²) in [6.07, 6.45) is -3.00. The van der Waals surface area contributed by atoms with Gasteiger partial charge in [0.15, 0.2) is 5.82 Å². The van der Waals surface area contributed by atoms with Gasteiger partial charge in [-0.25, -0.2) is 9.78 Å². The lowest BCUT2D eigenvalue weighted by Gasteiger charge is -2.12. The number of imidazole rings is 1. The van der Waals surface area contributed by atoms with E-state index in [0.29, 0.717) is 29.4 Å². The molecule has 0 radical (unpaired) electrons. The lowest BCUT2D eigenvalue weighted by Crippen LogP contribution is -2.33. The highest BCUT2D eigenvalue weighted by Gasteiger charge is 2.30. The van der Waals surface area contributed by atoms with Crippen molar-refractivity contribution in [2.75, 3.05) is 37.8 Å². The molecule has 3 aromatic rings. The second kappa shape index (κ2) is 11.4. The first-order valence-electron chi connectivity index (χ1n) is 10.9. The molecule has 0 spiro atoms. The van der Waals surface area contributed by atoms with Crippen LogP contribution in [0.2, 0.25) is 5.02 Å². The Hall–Kier alpha value is -3.57. The second-order valence-corrected chi connectivity index (χ2v) is 8.81. The number of alkyl halides is 3. The number of hydrogen-bond donors (Lipinski definition) is 3. The summed E-state index contributed by atoms with van der Waals surface area (Å²) in [6.45, 7) is 2.81. The molecule has 12 heteroatoms. The molecule has 0 aliphatic carbocycles. The van der Waals surface area contributed by atoms with Crippen molar-refractivity contribution < 1.29 is 22.8 Å². The van der Waals surface area contributed by atoms with Gasteiger partial charge in [-0.05, 0) is 62.5 Å². The quantitative estimate of drug-likeness (QED) is 0.394. The number of aromatic nitrogens is 2. The minimum atomic E-state index is -4.45. The zero-order valence-corrected chi connectivity index (χ0v) is 20.7. The van der Waals surface area contributed by atoms with E-state index in [-0.39, 0.29) is 18.2 Å². The van der Waals surface area contributed by atoms with Gasteiger partial charge in [-0.2, -0.15) is 13.2 Å². The molecule has 2 aromatic carbocycles. The molecule has 0 unspecified atom stereocenters. The zero-order valence-electron chi connectivity index (χ0n) is 19.9. The van der Waals surface area contributed by atoms with Crippen LogP contribution in [-0.4, -0.2) is 53.6 Å². The molecule has 1 aromatic heterocycles. The Labute approximate surface area is 211 Å². The van der Waals surface area contributed by atoms with Crippen molar-refractivity contribution in [2.45, 2.75) is 19.6 Å². The fourth-order valence-corrected chi connectivity index (χ4v) is 3.51. The average molecular weight is 523 g/mol. The third-order valence-corrected chi connectivity index (χ3v) is 5.37. The summed E-state index contributed by atoms with van der Waals surface area (Å²) >= 11 is 5.95. The molecule has 3 amide bonds. The van der Waals surface area contributed by atoms with E-state index in [1.54, 1.807) is 25.1 Å². The summed E-state index contributed by atoms with van der Waals surface area (Å²) in [5.41, 5.74) is 1.06. The number of carbonyl (C=O) groups excluding carboxylic acids is 2. The van der Waals surface area contributed by atoms with Crippen molar-refractivity contribution >= 4 is 35.0 Å². The molecule has 0 aliphatic rings. The van der Waals surface area contributed by atoms with Crippen LogP contribution in [0.3, 0.4) is 0 Å². The molecule has 36 heavy (non-hydrogen) atoms. The van der Waals surface area contributed by atoms with Crippen molar-refractivity contribution in [3.8, 4) is 0 Å². The van der Waals surface area contributed by atoms with Gasteiger partial charge in [0.05, 0.1) is 5.56 Å². The van der Waals surface area contributed by atoms with Gasteiger partial charge in [-0.3, -0.25) is 10.1 Å². The predicted molar refractivity (Wildman–Crippen MR) is 132 cm³/mol. The topological polar surface area (TPSA) is 91.3 Å². The molecule has 3 N–H and O–H groups in total. The summed E-state index contributed by atoms with van der Waals surface area (Å²) in [7, 11) is 3.72. The molecule has 0 aliphatic heterocycles. The van der Waals surface area contributed by atoms with Gasteiger partial charge in [-0.1, -0.05) is 23.7 Å². The van der Waals surface area contributed by atoms with Gasteiger partial charge in [0.25, 0.3) is 5.91 Å². The molecular weight excluding hydrogens is 497 g/mol. The van der Waals surface area contributed by atoms with Crippen molar-refractivity contribution in [2.24, 2.45) is 0 Å². The average Bonchev–Trinajstić information content (AvgIpc) is 3.17. The smallest absolute Gasteiger partial charge is 0.348 e. The first-order valence-corrected chi connectivity index (χ1v) is 11.3. The van der Waals surface area contributed by atoms with Crippen LogP contribution >= 0.6 is 11.6 Å². The number of nitrogens with zero attached hydrogens (tertiary/aromatic N) is 3. The number of nitrogens with one attached hydrogen (secondary N) is 3. The molecule has 0 saturated carbocycles. The monoisotopic (exact) mass is 522 g/mol. The van der Waals surface area contributed by atoms with E-state index in [4.69, 9.17) is 11.6 Å². The number of urea groups is 1. The van der Waals surface area contributed by atoms with Crippen LogP contribution < -0.4 is 16.0 Å². The van der Waals surface area contributed by atoms with E-state index >= 15 is 0 Å². The SMILES string of the molecule is Cc1cc(Cl)ccc1NC(=O)Nc1cn(Cc2ccc(C(F)(F)F)cc2)c(C(=O)NCCN(C)C)n1. The van der Waals surface area contributed by atoms with E-state index in [9.17, 15) is 22.8 Å². The van der Waals surface area contributed by atoms with Crippen LogP contribution in [0.25, 0.3) is 0 Å². The van der Waals surface area contributed by atoms with E-state index in [1.807, 2.05) is 19.0 Å². The number of likely N-dealkylation sites (N-methyl/N-ethyl adjacent to an activating group) is 1. The number of anilines is 2. The van der Waals surface area contributed by atoms with E-state index in [0.717, 1.165) is 17.7 Å². The van der Waals surface area contributed by atoms with Gasteiger partial charge >= 0.3 is 12.2 Å². The van der Waals surface area contributed by atoms with Gasteiger partial charge in [-0.15, -0.1) is 0 Å². The highest BCUT2D eigenvalue weighted by atomic mass is 35.5. The summed E-state index contributed by atoms with van der Waals surface area (Å²) in [6, 6.07) is 9.03. The second-order valence-electron chi connectivity index (χ2n) is 8.37. The molecule has 0 atom stereocenters. The summed E-state index contributed by atoms with van der Waals surface area (Å²) in [4.78, 5) is 31.5. The van der Waals surface area contributed by atoms with E-state index < -0.39 is 23.7 Å². The molecule has 8 nitrogen and oxygen atoms in total. The maximum absolute atomic E-state index is 12.9. The maximum atomic E-state index is 12.9. The van der Waals surface area contributed by atoms with Crippen LogP contribution in [-0.2, 0) is 12.7 Å². The molecule has 1 heterocycles. The van der Waals surface area contributed by atoms with Gasteiger partial charge < -0.3 is 20.1 Å². The Balaban J connectivity index is 1.80. The lowest BCUT2D eigenvalue weighted by atomic mass is 10.1. The van der Waals surface area contributed by atoms with Gasteiger partial charge in [0.1, 0.15) is 0 Å². The largest absolute Gasteiger partial charge is 0.416 e. The first-order chi connectivity index (χ1) is 16.9. The lowest BCUT2D eigenvalue weighted by molar-refractivity contribution is -0.137. The van der Waals surface area contributed by atoms with Gasteiger partial charge in [0, 0.05) is 36.5 Å². The first kappa shape index (κ1) is 27.0. The molecule has 192 valence electrons. The van der Waals surface area contributed by atoms with Crippen LogP contribution in [0.1, 0.15) is 27.3 Å². The number of rotatable bonds is 8. The number of hydrogen-bond acceptors (Lipinski definition) is 4. The van der Waals surface area contributed by atoms with Crippen LogP contribution in [0.5, 0.6) is 0 Å². The molecule has 0 fully saturated rings. The predicted octanol–water partition coefficient (Wildman–Crippen LogP) is 4.85. The minimum Gasteiger partial charge on any atom is -0.348 e. The minimum absolute atomic E-state index is 0.00614. The highest BCUT2D eigenvalue weighted by molar-refractivity contribution is 6.30. The molecule has 0 saturated heterocycles. The van der Waals surface area contributed by atoms with Crippen LogP contribution in [0, 0.1) is 6.92 Å².